The molecule has 0 saturated heterocycles. The van der Waals surface area contributed by atoms with Crippen LogP contribution in [0.3, 0.4) is 0 Å². The molecule has 0 radical (unpaired) electrons. The zero-order valence-corrected chi connectivity index (χ0v) is 11.0. The lowest BCUT2D eigenvalue weighted by molar-refractivity contribution is 0.0922. The number of aromatic hydroxyl groups is 1. The van der Waals surface area contributed by atoms with Crippen molar-refractivity contribution in [2.24, 2.45) is 0 Å². The minimum atomic E-state index is -0.912. The van der Waals surface area contributed by atoms with Crippen LogP contribution in [0.25, 0.3) is 0 Å². The summed E-state index contributed by atoms with van der Waals surface area (Å²) in [6.45, 7) is 1.85. The Bertz CT molecular complexity index is 415. The molecule has 0 spiro atoms. The van der Waals surface area contributed by atoms with Crippen LogP contribution in [0.5, 0.6) is 5.75 Å². The molecule has 2 rings (SSSR count). The summed E-state index contributed by atoms with van der Waals surface area (Å²) in [5.74, 6) is 0.237. The topological polar surface area (TPSA) is 40.5 Å². The molecular weight excluding hydrogens is 224 g/mol. The lowest BCUT2D eigenvalue weighted by atomic mass is 9.83. The quantitative estimate of drug-likeness (QED) is 0.777. The van der Waals surface area contributed by atoms with Crippen molar-refractivity contribution in [1.29, 1.82) is 0 Å². The van der Waals surface area contributed by atoms with Crippen molar-refractivity contribution in [2.45, 2.75) is 51.0 Å². The first-order valence-electron chi connectivity index (χ1n) is 6.82. The van der Waals surface area contributed by atoms with E-state index < -0.39 is 5.60 Å². The fourth-order valence-electron chi connectivity index (χ4n) is 2.61. The molecule has 0 aromatic heterocycles. The molecular formula is C16H22O2. The molecule has 18 heavy (non-hydrogen) atoms. The summed E-state index contributed by atoms with van der Waals surface area (Å²) in [6.07, 6.45) is 9.15. The number of aliphatic hydroxyl groups is 1. The molecule has 1 aliphatic carbocycles. The lowest BCUT2D eigenvalue weighted by Gasteiger charge is -2.28. The number of benzene rings is 1. The molecule has 1 aromatic carbocycles. The summed E-state index contributed by atoms with van der Waals surface area (Å²) in [7, 11) is 0. The molecule has 0 bridgehead atoms. The number of rotatable bonds is 2. The van der Waals surface area contributed by atoms with Gasteiger partial charge in [0.1, 0.15) is 11.4 Å². The highest BCUT2D eigenvalue weighted by atomic mass is 16.3. The Kier molecular flexibility index (Phi) is 4.07. The molecule has 1 aromatic rings. The molecule has 2 heteroatoms. The van der Waals surface area contributed by atoms with E-state index in [4.69, 9.17) is 0 Å². The second-order valence-corrected chi connectivity index (χ2v) is 5.30. The van der Waals surface area contributed by atoms with Crippen molar-refractivity contribution in [3.63, 3.8) is 0 Å². The third-order valence-corrected chi connectivity index (χ3v) is 3.85. The van der Waals surface area contributed by atoms with Crippen LogP contribution < -0.4 is 0 Å². The third kappa shape index (κ3) is 2.94. The minimum Gasteiger partial charge on any atom is -0.508 e. The molecule has 1 atom stereocenters. The van der Waals surface area contributed by atoms with Gasteiger partial charge in [0.15, 0.2) is 0 Å². The van der Waals surface area contributed by atoms with E-state index in [9.17, 15) is 10.2 Å². The number of hydrogen-bond acceptors (Lipinski definition) is 2. The van der Waals surface area contributed by atoms with Crippen LogP contribution in [-0.2, 0) is 5.60 Å². The maximum absolute atomic E-state index is 10.8. The van der Waals surface area contributed by atoms with Crippen molar-refractivity contribution in [1.82, 2.24) is 0 Å². The van der Waals surface area contributed by atoms with E-state index in [1.165, 1.54) is 19.3 Å². The van der Waals surface area contributed by atoms with Crippen molar-refractivity contribution in [2.75, 3.05) is 0 Å². The first-order chi connectivity index (χ1) is 8.60. The zero-order chi connectivity index (χ0) is 13.0. The molecule has 1 unspecified atom stereocenters. The summed E-state index contributed by atoms with van der Waals surface area (Å²) in [4.78, 5) is 0. The fourth-order valence-corrected chi connectivity index (χ4v) is 2.61. The molecule has 0 fully saturated rings. The maximum Gasteiger partial charge on any atom is 0.115 e. The molecule has 0 amide bonds. The Labute approximate surface area is 109 Å². The highest BCUT2D eigenvalue weighted by Gasteiger charge is 2.27. The van der Waals surface area contributed by atoms with Gasteiger partial charge in [-0.05, 0) is 55.9 Å². The Morgan fingerprint density at radius 1 is 1.00 bits per heavy atom. The van der Waals surface area contributed by atoms with Gasteiger partial charge in [-0.1, -0.05) is 31.1 Å². The van der Waals surface area contributed by atoms with Gasteiger partial charge < -0.3 is 10.2 Å². The van der Waals surface area contributed by atoms with Gasteiger partial charge >= 0.3 is 0 Å². The molecule has 2 N–H and O–H groups in total. The largest absolute Gasteiger partial charge is 0.508 e. The van der Waals surface area contributed by atoms with Crippen molar-refractivity contribution in [3.8, 4) is 5.75 Å². The van der Waals surface area contributed by atoms with Crippen LogP contribution in [0.4, 0.5) is 0 Å². The van der Waals surface area contributed by atoms with Gasteiger partial charge in [-0.25, -0.2) is 0 Å². The standard InChI is InChI=1S/C16H22O2/c1-16(18,14-9-11-15(17)12-10-14)13-7-5-3-2-4-6-8-13/h7,9-12,17-18H,2-6,8H2,1H3/b13-7+. The number of allylic oxidation sites excluding steroid dienone is 1. The van der Waals surface area contributed by atoms with Gasteiger partial charge in [0.2, 0.25) is 0 Å². The maximum atomic E-state index is 10.8. The molecule has 0 saturated carbocycles. The minimum absolute atomic E-state index is 0.237. The number of phenols is 1. The van der Waals surface area contributed by atoms with Gasteiger partial charge in [0, 0.05) is 0 Å². The lowest BCUT2D eigenvalue weighted by Crippen LogP contribution is -2.24. The second kappa shape index (κ2) is 5.57. The molecule has 1 aliphatic rings. The smallest absolute Gasteiger partial charge is 0.115 e. The average molecular weight is 246 g/mol. The van der Waals surface area contributed by atoms with E-state index in [0.717, 1.165) is 30.4 Å². The third-order valence-electron chi connectivity index (χ3n) is 3.85. The van der Waals surface area contributed by atoms with Crippen molar-refractivity contribution in [3.05, 3.63) is 41.5 Å². The van der Waals surface area contributed by atoms with E-state index >= 15 is 0 Å². The van der Waals surface area contributed by atoms with E-state index in [0.29, 0.717) is 0 Å². The van der Waals surface area contributed by atoms with E-state index in [1.807, 2.05) is 6.92 Å². The van der Waals surface area contributed by atoms with Crippen molar-refractivity contribution < 1.29 is 10.2 Å². The van der Waals surface area contributed by atoms with Gasteiger partial charge in [-0.2, -0.15) is 0 Å². The average Bonchev–Trinajstić information content (AvgIpc) is 2.28. The van der Waals surface area contributed by atoms with E-state index in [1.54, 1.807) is 24.3 Å². The second-order valence-electron chi connectivity index (χ2n) is 5.30. The van der Waals surface area contributed by atoms with E-state index in [-0.39, 0.29) is 5.75 Å². The van der Waals surface area contributed by atoms with Gasteiger partial charge in [-0.15, -0.1) is 0 Å². The normalized spacial score (nSPS) is 23.3. The Hall–Kier alpha value is -1.28. The SMILES string of the molecule is CC(O)(/C1=C/CCCCCC1)c1ccc(O)cc1. The van der Waals surface area contributed by atoms with Crippen LogP contribution in [0, 0.1) is 0 Å². The predicted molar refractivity (Wildman–Crippen MR) is 73.5 cm³/mol. The Balaban J connectivity index is 2.25. The Morgan fingerprint density at radius 2 is 1.67 bits per heavy atom. The number of phenolic OH excluding ortho intramolecular Hbond substituents is 1. The monoisotopic (exact) mass is 246 g/mol. The summed E-state index contributed by atoms with van der Waals surface area (Å²) in [5, 5.41) is 20.1. The zero-order valence-electron chi connectivity index (χ0n) is 11.0. The van der Waals surface area contributed by atoms with Crippen LogP contribution in [-0.4, -0.2) is 10.2 Å². The van der Waals surface area contributed by atoms with Gasteiger partial charge in [0.25, 0.3) is 0 Å². The summed E-state index contributed by atoms with van der Waals surface area (Å²) >= 11 is 0. The van der Waals surface area contributed by atoms with Crippen LogP contribution >= 0.6 is 0 Å². The van der Waals surface area contributed by atoms with Crippen LogP contribution in [0.1, 0.15) is 51.0 Å². The summed E-state index contributed by atoms with van der Waals surface area (Å²) in [5.41, 5.74) is 1.06. The summed E-state index contributed by atoms with van der Waals surface area (Å²) in [6, 6.07) is 6.87. The molecule has 98 valence electrons. The van der Waals surface area contributed by atoms with Crippen molar-refractivity contribution >= 4 is 0 Å². The highest BCUT2D eigenvalue weighted by molar-refractivity contribution is 5.35. The first kappa shape index (κ1) is 13.2. The highest BCUT2D eigenvalue weighted by Crippen LogP contribution is 2.34. The summed E-state index contributed by atoms with van der Waals surface area (Å²) < 4.78 is 0. The van der Waals surface area contributed by atoms with Gasteiger partial charge in [0.05, 0.1) is 0 Å². The van der Waals surface area contributed by atoms with Crippen LogP contribution in [0.2, 0.25) is 0 Å². The fraction of sp³-hybridized carbons (Fsp3) is 0.500. The number of hydrogen-bond donors (Lipinski definition) is 2. The molecule has 0 aliphatic heterocycles. The molecule has 0 heterocycles. The Morgan fingerprint density at radius 3 is 2.39 bits per heavy atom. The van der Waals surface area contributed by atoms with Crippen LogP contribution in [0.15, 0.2) is 35.9 Å². The van der Waals surface area contributed by atoms with E-state index in [2.05, 4.69) is 6.08 Å². The first-order valence-corrected chi connectivity index (χ1v) is 6.82. The molecule has 2 nitrogen and oxygen atoms in total. The predicted octanol–water partition coefficient (Wildman–Crippen LogP) is 3.88. The van der Waals surface area contributed by atoms with Gasteiger partial charge in [-0.3, -0.25) is 0 Å².